The van der Waals surface area contributed by atoms with Crippen LogP contribution in [0.3, 0.4) is 0 Å². The van der Waals surface area contributed by atoms with Gasteiger partial charge >= 0.3 is 5.97 Å². The third-order valence-corrected chi connectivity index (χ3v) is 3.60. The van der Waals surface area contributed by atoms with E-state index in [4.69, 9.17) is 9.84 Å². The molecule has 0 fully saturated rings. The number of amides is 1. The summed E-state index contributed by atoms with van der Waals surface area (Å²) in [4.78, 5) is 24.2. The van der Waals surface area contributed by atoms with Crippen molar-refractivity contribution in [2.75, 3.05) is 26.8 Å². The minimum Gasteiger partial charge on any atom is -0.480 e. The number of carbonyl (C=O) groups is 2. The molecule has 1 N–H and O–H groups in total. The van der Waals surface area contributed by atoms with Crippen LogP contribution in [-0.4, -0.2) is 48.7 Å². The zero-order chi connectivity index (χ0) is 14.3. The molecule has 0 atom stereocenters. The molecule has 19 heavy (non-hydrogen) atoms. The first-order chi connectivity index (χ1) is 9.04. The van der Waals surface area contributed by atoms with E-state index in [-0.39, 0.29) is 25.4 Å². The molecule has 1 rings (SSSR count). The van der Waals surface area contributed by atoms with Crippen molar-refractivity contribution >= 4 is 34.5 Å². The normalized spacial score (nSPS) is 10.2. The highest BCUT2D eigenvalue weighted by atomic mass is 127. The van der Waals surface area contributed by atoms with Crippen molar-refractivity contribution < 1.29 is 19.4 Å². The van der Waals surface area contributed by atoms with Gasteiger partial charge in [-0.25, -0.2) is 0 Å². The van der Waals surface area contributed by atoms with E-state index in [9.17, 15) is 9.59 Å². The number of carbonyl (C=O) groups excluding carboxylic acids is 1. The van der Waals surface area contributed by atoms with E-state index in [0.717, 1.165) is 9.13 Å². The average molecular weight is 377 g/mol. The largest absolute Gasteiger partial charge is 0.480 e. The van der Waals surface area contributed by atoms with Crippen LogP contribution in [0.25, 0.3) is 0 Å². The molecule has 1 aromatic rings. The van der Waals surface area contributed by atoms with Gasteiger partial charge in [0.15, 0.2) is 0 Å². The number of carboxylic acids is 1. The Morgan fingerprint density at radius 2 is 2.05 bits per heavy atom. The summed E-state index contributed by atoms with van der Waals surface area (Å²) < 4.78 is 5.89. The molecule has 0 aliphatic carbocycles. The van der Waals surface area contributed by atoms with Crippen LogP contribution >= 0.6 is 22.6 Å². The Balaban J connectivity index is 2.70. The van der Waals surface area contributed by atoms with Crippen LogP contribution in [-0.2, 0) is 20.7 Å². The van der Waals surface area contributed by atoms with E-state index in [2.05, 4.69) is 22.6 Å². The van der Waals surface area contributed by atoms with Crippen LogP contribution in [0.5, 0.6) is 0 Å². The number of carboxylic acid groups (broad SMARTS) is 1. The molecule has 0 unspecified atom stereocenters. The molecule has 0 aliphatic rings. The predicted molar refractivity (Wildman–Crippen MR) is 79.0 cm³/mol. The van der Waals surface area contributed by atoms with Crippen LogP contribution in [0.2, 0.25) is 0 Å². The van der Waals surface area contributed by atoms with Crippen LogP contribution in [0.1, 0.15) is 5.56 Å². The van der Waals surface area contributed by atoms with Crippen molar-refractivity contribution in [3.05, 3.63) is 33.4 Å². The standard InChI is InChI=1S/C13H16INO4/c1-19-7-6-15(9-13(17)18)12(16)8-10-4-2-3-5-11(10)14/h2-5H,6-9H2,1H3,(H,17,18). The highest BCUT2D eigenvalue weighted by Gasteiger charge is 2.17. The lowest BCUT2D eigenvalue weighted by Gasteiger charge is -2.20. The van der Waals surface area contributed by atoms with Gasteiger partial charge in [-0.15, -0.1) is 0 Å². The molecule has 0 saturated heterocycles. The fourth-order valence-electron chi connectivity index (χ4n) is 1.57. The second kappa shape index (κ2) is 8.11. The lowest BCUT2D eigenvalue weighted by Crippen LogP contribution is -2.39. The summed E-state index contributed by atoms with van der Waals surface area (Å²) in [7, 11) is 1.52. The Morgan fingerprint density at radius 3 is 2.63 bits per heavy atom. The van der Waals surface area contributed by atoms with Gasteiger partial charge in [0.1, 0.15) is 6.54 Å². The number of aliphatic carboxylic acids is 1. The zero-order valence-electron chi connectivity index (χ0n) is 10.6. The number of rotatable bonds is 7. The predicted octanol–water partition coefficient (Wildman–Crippen LogP) is 1.39. The molecule has 1 aromatic carbocycles. The Kier molecular flexibility index (Phi) is 6.79. The maximum Gasteiger partial charge on any atom is 0.323 e. The Bertz CT molecular complexity index is 450. The fourth-order valence-corrected chi connectivity index (χ4v) is 2.15. The van der Waals surface area contributed by atoms with Gasteiger partial charge in [-0.3, -0.25) is 9.59 Å². The van der Waals surface area contributed by atoms with Gasteiger partial charge in [0, 0.05) is 17.2 Å². The highest BCUT2D eigenvalue weighted by Crippen LogP contribution is 2.13. The second-order valence-corrected chi connectivity index (χ2v) is 5.13. The number of benzene rings is 1. The molecular weight excluding hydrogens is 361 g/mol. The van der Waals surface area contributed by atoms with Gasteiger partial charge in [-0.1, -0.05) is 18.2 Å². The minimum atomic E-state index is -1.02. The van der Waals surface area contributed by atoms with Gasteiger partial charge in [-0.2, -0.15) is 0 Å². The van der Waals surface area contributed by atoms with Crippen molar-refractivity contribution in [3.8, 4) is 0 Å². The van der Waals surface area contributed by atoms with E-state index in [1.54, 1.807) is 0 Å². The van der Waals surface area contributed by atoms with Gasteiger partial charge in [0.2, 0.25) is 5.91 Å². The van der Waals surface area contributed by atoms with Crippen molar-refractivity contribution in [2.45, 2.75) is 6.42 Å². The molecular formula is C13H16INO4. The zero-order valence-corrected chi connectivity index (χ0v) is 12.8. The Hall–Kier alpha value is -1.15. The Morgan fingerprint density at radius 1 is 1.37 bits per heavy atom. The lowest BCUT2D eigenvalue weighted by atomic mass is 10.1. The molecule has 0 radical (unpaired) electrons. The van der Waals surface area contributed by atoms with E-state index in [0.29, 0.717) is 6.61 Å². The highest BCUT2D eigenvalue weighted by molar-refractivity contribution is 14.1. The average Bonchev–Trinajstić information content (AvgIpc) is 2.36. The number of methoxy groups -OCH3 is 1. The fraction of sp³-hybridized carbons (Fsp3) is 0.385. The molecule has 5 nitrogen and oxygen atoms in total. The number of ether oxygens (including phenoxy) is 1. The molecule has 0 bridgehead atoms. The lowest BCUT2D eigenvalue weighted by molar-refractivity contribution is -0.144. The summed E-state index contributed by atoms with van der Waals surface area (Å²) >= 11 is 2.16. The summed E-state index contributed by atoms with van der Waals surface area (Å²) in [6.45, 7) is 0.307. The van der Waals surface area contributed by atoms with Gasteiger partial charge < -0.3 is 14.7 Å². The SMILES string of the molecule is COCCN(CC(=O)O)C(=O)Cc1ccccc1I. The van der Waals surface area contributed by atoms with Crippen molar-refractivity contribution in [2.24, 2.45) is 0 Å². The molecule has 1 amide bonds. The molecule has 0 spiro atoms. The van der Waals surface area contributed by atoms with Gasteiger partial charge in [0.05, 0.1) is 13.0 Å². The van der Waals surface area contributed by atoms with Crippen molar-refractivity contribution in [3.63, 3.8) is 0 Å². The maximum absolute atomic E-state index is 12.1. The third kappa shape index (κ3) is 5.56. The summed E-state index contributed by atoms with van der Waals surface area (Å²) in [6, 6.07) is 7.55. The van der Waals surface area contributed by atoms with Crippen LogP contribution in [0.4, 0.5) is 0 Å². The summed E-state index contributed by atoms with van der Waals surface area (Å²) in [5.41, 5.74) is 0.904. The summed E-state index contributed by atoms with van der Waals surface area (Å²) in [5.74, 6) is -1.23. The number of hydrogen-bond donors (Lipinski definition) is 1. The smallest absolute Gasteiger partial charge is 0.323 e. The van der Waals surface area contributed by atoms with Crippen LogP contribution < -0.4 is 0 Å². The molecule has 0 heterocycles. The van der Waals surface area contributed by atoms with E-state index < -0.39 is 5.97 Å². The minimum absolute atomic E-state index is 0.204. The van der Waals surface area contributed by atoms with Crippen LogP contribution in [0.15, 0.2) is 24.3 Å². The molecule has 104 valence electrons. The Labute approximate surface area is 125 Å². The van der Waals surface area contributed by atoms with Gasteiger partial charge in [0.25, 0.3) is 0 Å². The topological polar surface area (TPSA) is 66.8 Å². The summed E-state index contributed by atoms with van der Waals surface area (Å²) in [6.07, 6.45) is 0.204. The molecule has 0 saturated carbocycles. The van der Waals surface area contributed by atoms with E-state index in [1.165, 1.54) is 12.0 Å². The molecule has 6 heteroatoms. The van der Waals surface area contributed by atoms with E-state index in [1.807, 2.05) is 24.3 Å². The van der Waals surface area contributed by atoms with Crippen molar-refractivity contribution in [1.82, 2.24) is 4.90 Å². The summed E-state index contributed by atoms with van der Waals surface area (Å²) in [5, 5.41) is 8.82. The first-order valence-electron chi connectivity index (χ1n) is 5.76. The quantitative estimate of drug-likeness (QED) is 0.730. The van der Waals surface area contributed by atoms with Crippen LogP contribution in [0, 0.1) is 3.57 Å². The first-order valence-corrected chi connectivity index (χ1v) is 6.84. The molecule has 0 aliphatic heterocycles. The van der Waals surface area contributed by atoms with E-state index >= 15 is 0 Å². The number of nitrogens with zero attached hydrogens (tertiary/aromatic N) is 1. The monoisotopic (exact) mass is 377 g/mol. The number of halogens is 1. The van der Waals surface area contributed by atoms with Gasteiger partial charge in [-0.05, 0) is 34.2 Å². The van der Waals surface area contributed by atoms with Crippen molar-refractivity contribution in [1.29, 1.82) is 0 Å². The second-order valence-electron chi connectivity index (χ2n) is 3.97. The first kappa shape index (κ1) is 15.9. The number of hydrogen-bond acceptors (Lipinski definition) is 3. The third-order valence-electron chi connectivity index (χ3n) is 2.54. The molecule has 0 aromatic heterocycles. The maximum atomic E-state index is 12.1.